The summed E-state index contributed by atoms with van der Waals surface area (Å²) in [6, 6.07) is 0. The average Bonchev–Trinajstić information content (AvgIpc) is 2.08. The molecule has 0 unspecified atom stereocenters. The van der Waals surface area contributed by atoms with E-state index >= 15 is 0 Å². The van der Waals surface area contributed by atoms with E-state index in [0.717, 1.165) is 5.57 Å². The van der Waals surface area contributed by atoms with Crippen molar-refractivity contribution in [3.63, 3.8) is 0 Å². The van der Waals surface area contributed by atoms with Crippen LogP contribution in [0.4, 0.5) is 0 Å². The van der Waals surface area contributed by atoms with Crippen LogP contribution in [0.25, 0.3) is 0 Å². The molecule has 0 aromatic heterocycles. The minimum absolute atomic E-state index is 1.01. The standard InChI is InChI=1S/C11H20Ge/c1-6-12(7-2,8-3)10-9-11(4)5/h4,6-8H2,1-3,5H3. The van der Waals surface area contributed by atoms with E-state index in [1.54, 1.807) is 0 Å². The van der Waals surface area contributed by atoms with Gasteiger partial charge in [0.2, 0.25) is 0 Å². The van der Waals surface area contributed by atoms with Crippen molar-refractivity contribution < 1.29 is 0 Å². The summed E-state index contributed by atoms with van der Waals surface area (Å²) >= 11 is -1.71. The fourth-order valence-electron chi connectivity index (χ4n) is 1.25. The second-order valence-electron chi connectivity index (χ2n) is 3.37. The monoisotopic (exact) mass is 226 g/mol. The van der Waals surface area contributed by atoms with E-state index in [1.165, 1.54) is 15.8 Å². The molecule has 0 saturated carbocycles. The summed E-state index contributed by atoms with van der Waals surface area (Å²) in [5.41, 5.74) is 1.01. The fraction of sp³-hybridized carbons (Fsp3) is 0.636. The zero-order valence-corrected chi connectivity index (χ0v) is 10.9. The molecule has 0 aliphatic carbocycles. The molecule has 0 bridgehead atoms. The van der Waals surface area contributed by atoms with Gasteiger partial charge in [-0.25, -0.2) is 0 Å². The Morgan fingerprint density at radius 3 is 1.83 bits per heavy atom. The third-order valence-corrected chi connectivity index (χ3v) is 12.5. The third kappa shape index (κ3) is 3.49. The molecule has 12 heavy (non-hydrogen) atoms. The fourth-order valence-corrected chi connectivity index (χ4v) is 6.52. The Morgan fingerprint density at radius 1 is 1.17 bits per heavy atom. The first-order valence-corrected chi connectivity index (χ1v) is 10.3. The van der Waals surface area contributed by atoms with Crippen LogP contribution in [-0.2, 0) is 0 Å². The van der Waals surface area contributed by atoms with Crippen molar-refractivity contribution in [2.75, 3.05) is 0 Å². The van der Waals surface area contributed by atoms with Crippen molar-refractivity contribution >= 4 is 13.3 Å². The van der Waals surface area contributed by atoms with Crippen molar-refractivity contribution in [2.45, 2.75) is 43.5 Å². The van der Waals surface area contributed by atoms with Gasteiger partial charge >= 0.3 is 79.5 Å². The summed E-state index contributed by atoms with van der Waals surface area (Å²) in [6.45, 7) is 12.7. The molecule has 0 rings (SSSR count). The van der Waals surface area contributed by atoms with Crippen LogP contribution in [0.2, 0.25) is 15.8 Å². The topological polar surface area (TPSA) is 0 Å². The minimum atomic E-state index is -1.71. The average molecular weight is 225 g/mol. The Morgan fingerprint density at radius 2 is 1.58 bits per heavy atom. The van der Waals surface area contributed by atoms with Crippen LogP contribution in [0, 0.1) is 10.7 Å². The Labute approximate surface area is 79.8 Å². The van der Waals surface area contributed by atoms with Gasteiger partial charge < -0.3 is 0 Å². The zero-order chi connectivity index (χ0) is 9.61. The van der Waals surface area contributed by atoms with E-state index in [4.69, 9.17) is 0 Å². The van der Waals surface area contributed by atoms with Gasteiger partial charge in [0.25, 0.3) is 0 Å². The van der Waals surface area contributed by atoms with E-state index in [9.17, 15) is 0 Å². The van der Waals surface area contributed by atoms with Crippen LogP contribution in [-0.4, -0.2) is 13.3 Å². The first-order valence-electron chi connectivity index (χ1n) is 4.79. The van der Waals surface area contributed by atoms with Crippen LogP contribution >= 0.6 is 0 Å². The van der Waals surface area contributed by atoms with E-state index in [1.807, 2.05) is 6.92 Å². The molecule has 0 fully saturated rings. The van der Waals surface area contributed by atoms with Gasteiger partial charge in [-0.05, 0) is 0 Å². The molecule has 0 nitrogen and oxygen atoms in total. The maximum absolute atomic E-state index is 3.82. The van der Waals surface area contributed by atoms with Gasteiger partial charge in [0.15, 0.2) is 0 Å². The van der Waals surface area contributed by atoms with Gasteiger partial charge in [0, 0.05) is 0 Å². The summed E-state index contributed by atoms with van der Waals surface area (Å²) < 4.78 is 3.52. The second kappa shape index (κ2) is 5.48. The van der Waals surface area contributed by atoms with Gasteiger partial charge in [0.1, 0.15) is 0 Å². The van der Waals surface area contributed by atoms with Crippen molar-refractivity contribution in [3.8, 4) is 10.7 Å². The second-order valence-corrected chi connectivity index (χ2v) is 13.7. The molecule has 1 heteroatoms. The number of allylic oxidation sites excluding steroid dienone is 1. The Bertz CT molecular complexity index is 193. The predicted molar refractivity (Wildman–Crippen MR) is 59.8 cm³/mol. The molecule has 0 heterocycles. The molecule has 0 aromatic rings. The molecule has 68 valence electrons. The Balaban J connectivity index is 4.54. The first kappa shape index (κ1) is 11.8. The Kier molecular flexibility index (Phi) is 5.41. The van der Waals surface area contributed by atoms with E-state index in [0.29, 0.717) is 0 Å². The Hall–Kier alpha value is -0.157. The molecule has 0 aliphatic heterocycles. The van der Waals surface area contributed by atoms with E-state index in [-0.39, 0.29) is 0 Å². The van der Waals surface area contributed by atoms with Crippen molar-refractivity contribution in [1.82, 2.24) is 0 Å². The summed E-state index contributed by atoms with van der Waals surface area (Å²) in [5.74, 6) is 3.18. The molecule has 0 atom stereocenters. The zero-order valence-electron chi connectivity index (χ0n) is 8.83. The van der Waals surface area contributed by atoms with Gasteiger partial charge in [-0.1, -0.05) is 0 Å². The molecule has 0 aliphatic rings. The first-order chi connectivity index (χ1) is 5.60. The summed E-state index contributed by atoms with van der Waals surface area (Å²) in [7, 11) is 0. The number of hydrogen-bond donors (Lipinski definition) is 0. The van der Waals surface area contributed by atoms with Crippen LogP contribution in [0.1, 0.15) is 27.7 Å². The molecule has 0 amide bonds. The molecule has 0 saturated heterocycles. The summed E-state index contributed by atoms with van der Waals surface area (Å²) in [5, 5.41) is 3.98. The summed E-state index contributed by atoms with van der Waals surface area (Å²) in [6.07, 6.45) is 0. The molecule has 0 spiro atoms. The normalized spacial score (nSPS) is 10.3. The van der Waals surface area contributed by atoms with Crippen LogP contribution < -0.4 is 0 Å². The van der Waals surface area contributed by atoms with Crippen LogP contribution in [0.5, 0.6) is 0 Å². The van der Waals surface area contributed by atoms with Crippen molar-refractivity contribution in [3.05, 3.63) is 12.2 Å². The van der Waals surface area contributed by atoms with Crippen LogP contribution in [0.3, 0.4) is 0 Å². The van der Waals surface area contributed by atoms with Crippen molar-refractivity contribution in [2.24, 2.45) is 0 Å². The maximum atomic E-state index is 3.82. The van der Waals surface area contributed by atoms with Crippen LogP contribution in [0.15, 0.2) is 12.2 Å². The summed E-state index contributed by atoms with van der Waals surface area (Å²) in [4.78, 5) is 0. The van der Waals surface area contributed by atoms with Gasteiger partial charge in [-0.3, -0.25) is 0 Å². The van der Waals surface area contributed by atoms with E-state index in [2.05, 4.69) is 38.0 Å². The van der Waals surface area contributed by atoms with Gasteiger partial charge in [0.05, 0.1) is 0 Å². The molecule has 0 radical (unpaired) electrons. The third-order valence-electron chi connectivity index (χ3n) is 2.57. The van der Waals surface area contributed by atoms with Crippen molar-refractivity contribution in [1.29, 1.82) is 0 Å². The van der Waals surface area contributed by atoms with Gasteiger partial charge in [-0.15, -0.1) is 0 Å². The number of rotatable bonds is 3. The quantitative estimate of drug-likeness (QED) is 0.508. The predicted octanol–water partition coefficient (Wildman–Crippen LogP) is 3.61. The SMILES string of the molecule is C=C(C)C#[C][Ge]([CH2]C)([CH2]C)[CH2]C. The van der Waals surface area contributed by atoms with Gasteiger partial charge in [-0.2, -0.15) is 0 Å². The van der Waals surface area contributed by atoms with E-state index < -0.39 is 13.3 Å². The molecule has 0 aromatic carbocycles. The molecule has 0 N–H and O–H groups in total. The molecular weight excluding hydrogens is 205 g/mol. The number of hydrogen-bond acceptors (Lipinski definition) is 0. The molecular formula is C11H20Ge.